The van der Waals surface area contributed by atoms with Crippen LogP contribution < -0.4 is 10.2 Å². The van der Waals surface area contributed by atoms with E-state index in [4.69, 9.17) is 4.74 Å². The molecule has 2 fully saturated rings. The normalized spacial score (nSPS) is 19.3. The van der Waals surface area contributed by atoms with E-state index in [1.165, 1.54) is 0 Å². The lowest BCUT2D eigenvalue weighted by molar-refractivity contribution is -0.131. The second kappa shape index (κ2) is 8.08. The Balaban J connectivity index is 1.77. The first-order valence-electron chi connectivity index (χ1n) is 9.42. The van der Waals surface area contributed by atoms with Crippen LogP contribution in [0.15, 0.2) is 18.2 Å². The predicted octanol–water partition coefficient (Wildman–Crippen LogP) is 2.63. The van der Waals surface area contributed by atoms with Gasteiger partial charge in [0, 0.05) is 58.0 Å². The number of amides is 2. The van der Waals surface area contributed by atoms with Crippen molar-refractivity contribution < 1.29 is 14.3 Å². The standard InChI is InChI=1S/C20H29N3O3/c1-14(24)23(13-18-5-4-10-26-18)12-16-11-17(8-9-19(16)22(2)3)21-20(25)15-6-7-15/h8-9,11,15,18H,4-7,10,12-13H2,1-3H3,(H,21,25). The molecule has 142 valence electrons. The molecule has 6 nitrogen and oxygen atoms in total. The molecule has 1 aliphatic carbocycles. The average Bonchev–Trinajstić information content (AvgIpc) is 3.32. The van der Waals surface area contributed by atoms with Gasteiger partial charge in [-0.2, -0.15) is 0 Å². The first kappa shape index (κ1) is 18.7. The van der Waals surface area contributed by atoms with Gasteiger partial charge in [-0.3, -0.25) is 9.59 Å². The summed E-state index contributed by atoms with van der Waals surface area (Å²) in [4.78, 5) is 28.1. The number of benzene rings is 1. The lowest BCUT2D eigenvalue weighted by atomic mass is 10.1. The lowest BCUT2D eigenvalue weighted by Gasteiger charge is -2.27. The number of ether oxygens (including phenoxy) is 1. The molecule has 1 aromatic carbocycles. The highest BCUT2D eigenvalue weighted by Crippen LogP contribution is 2.31. The molecule has 0 aromatic heterocycles. The largest absolute Gasteiger partial charge is 0.377 e. The van der Waals surface area contributed by atoms with Crippen molar-refractivity contribution in [3.8, 4) is 0 Å². The first-order valence-corrected chi connectivity index (χ1v) is 9.42. The molecule has 1 N–H and O–H groups in total. The molecule has 1 atom stereocenters. The van der Waals surface area contributed by atoms with Crippen LogP contribution in [0.25, 0.3) is 0 Å². The van der Waals surface area contributed by atoms with Crippen LogP contribution in [0.1, 0.15) is 38.2 Å². The van der Waals surface area contributed by atoms with Crippen molar-refractivity contribution in [3.05, 3.63) is 23.8 Å². The molecule has 1 unspecified atom stereocenters. The third-order valence-electron chi connectivity index (χ3n) is 5.03. The van der Waals surface area contributed by atoms with Gasteiger partial charge < -0.3 is 19.9 Å². The number of anilines is 2. The Hall–Kier alpha value is -2.08. The van der Waals surface area contributed by atoms with Crippen molar-refractivity contribution in [2.24, 2.45) is 5.92 Å². The van der Waals surface area contributed by atoms with Gasteiger partial charge in [0.05, 0.1) is 6.10 Å². The number of nitrogens with zero attached hydrogens (tertiary/aromatic N) is 2. The summed E-state index contributed by atoms with van der Waals surface area (Å²) in [7, 11) is 3.97. The van der Waals surface area contributed by atoms with Crippen LogP contribution >= 0.6 is 0 Å². The summed E-state index contributed by atoms with van der Waals surface area (Å²) in [5.74, 6) is 0.300. The van der Waals surface area contributed by atoms with Crippen molar-refractivity contribution in [2.75, 3.05) is 37.5 Å². The maximum atomic E-state index is 12.2. The number of rotatable bonds is 7. The molecule has 0 spiro atoms. The van der Waals surface area contributed by atoms with Gasteiger partial charge in [0.25, 0.3) is 0 Å². The van der Waals surface area contributed by atoms with Crippen LogP contribution in [0.5, 0.6) is 0 Å². The number of hydrogen-bond acceptors (Lipinski definition) is 4. The van der Waals surface area contributed by atoms with Crippen LogP contribution in [0, 0.1) is 5.92 Å². The summed E-state index contributed by atoms with van der Waals surface area (Å²) in [5, 5.41) is 3.00. The highest BCUT2D eigenvalue weighted by atomic mass is 16.5. The molecule has 1 saturated carbocycles. The number of carbonyl (C=O) groups excluding carboxylic acids is 2. The van der Waals surface area contributed by atoms with Crippen molar-refractivity contribution in [3.63, 3.8) is 0 Å². The van der Waals surface area contributed by atoms with Crippen LogP contribution in [0.2, 0.25) is 0 Å². The molecule has 1 aromatic rings. The van der Waals surface area contributed by atoms with E-state index in [0.717, 1.165) is 49.2 Å². The molecule has 1 saturated heterocycles. The number of carbonyl (C=O) groups is 2. The molecule has 26 heavy (non-hydrogen) atoms. The molecule has 3 rings (SSSR count). The Morgan fingerprint density at radius 3 is 2.58 bits per heavy atom. The van der Waals surface area contributed by atoms with Crippen LogP contribution in [-0.2, 0) is 20.9 Å². The van der Waals surface area contributed by atoms with E-state index in [-0.39, 0.29) is 23.8 Å². The van der Waals surface area contributed by atoms with Crippen molar-refractivity contribution >= 4 is 23.2 Å². The predicted molar refractivity (Wildman–Crippen MR) is 102 cm³/mol. The van der Waals surface area contributed by atoms with E-state index in [9.17, 15) is 9.59 Å². The molecular formula is C20H29N3O3. The average molecular weight is 359 g/mol. The second-order valence-corrected chi connectivity index (χ2v) is 7.54. The molecular weight excluding hydrogens is 330 g/mol. The summed E-state index contributed by atoms with van der Waals surface area (Å²) >= 11 is 0. The second-order valence-electron chi connectivity index (χ2n) is 7.54. The lowest BCUT2D eigenvalue weighted by Crippen LogP contribution is -2.35. The quantitative estimate of drug-likeness (QED) is 0.813. The van der Waals surface area contributed by atoms with Gasteiger partial charge in [0.2, 0.25) is 11.8 Å². The number of hydrogen-bond donors (Lipinski definition) is 1. The number of nitrogens with one attached hydrogen (secondary N) is 1. The Kier molecular flexibility index (Phi) is 5.81. The van der Waals surface area contributed by atoms with Gasteiger partial charge in [-0.05, 0) is 49.4 Å². The van der Waals surface area contributed by atoms with Gasteiger partial charge in [-0.25, -0.2) is 0 Å². The Morgan fingerprint density at radius 2 is 2.00 bits per heavy atom. The summed E-state index contributed by atoms with van der Waals surface area (Å²) in [6, 6.07) is 5.92. The fourth-order valence-corrected chi connectivity index (χ4v) is 3.36. The summed E-state index contributed by atoms with van der Waals surface area (Å²) in [6.45, 7) is 3.50. The SMILES string of the molecule is CC(=O)N(Cc1cc(NC(=O)C2CC2)ccc1N(C)C)CC1CCCO1. The summed E-state index contributed by atoms with van der Waals surface area (Å²) in [6.07, 6.45) is 4.14. The fourth-order valence-electron chi connectivity index (χ4n) is 3.36. The summed E-state index contributed by atoms with van der Waals surface area (Å²) in [5.41, 5.74) is 2.87. The van der Waals surface area contributed by atoms with Gasteiger partial charge in [-0.1, -0.05) is 0 Å². The van der Waals surface area contributed by atoms with Gasteiger partial charge in [0.15, 0.2) is 0 Å². The maximum Gasteiger partial charge on any atom is 0.227 e. The van der Waals surface area contributed by atoms with Crippen molar-refractivity contribution in [1.29, 1.82) is 0 Å². The van der Waals surface area contributed by atoms with Gasteiger partial charge >= 0.3 is 0 Å². The monoisotopic (exact) mass is 359 g/mol. The zero-order chi connectivity index (χ0) is 18.7. The smallest absolute Gasteiger partial charge is 0.227 e. The molecule has 2 aliphatic rings. The third-order valence-corrected chi connectivity index (χ3v) is 5.03. The molecule has 1 heterocycles. The van der Waals surface area contributed by atoms with Gasteiger partial charge in [0.1, 0.15) is 0 Å². The zero-order valence-corrected chi connectivity index (χ0v) is 16.0. The van der Waals surface area contributed by atoms with Crippen LogP contribution in [0.4, 0.5) is 11.4 Å². The Labute approximate surface area is 155 Å². The van der Waals surface area contributed by atoms with E-state index in [2.05, 4.69) is 5.32 Å². The van der Waals surface area contributed by atoms with E-state index >= 15 is 0 Å². The van der Waals surface area contributed by atoms with Crippen LogP contribution in [0.3, 0.4) is 0 Å². The third kappa shape index (κ3) is 4.75. The minimum absolute atomic E-state index is 0.0395. The van der Waals surface area contributed by atoms with E-state index < -0.39 is 0 Å². The minimum Gasteiger partial charge on any atom is -0.377 e. The maximum absolute atomic E-state index is 12.2. The minimum atomic E-state index is 0.0395. The van der Waals surface area contributed by atoms with Gasteiger partial charge in [-0.15, -0.1) is 0 Å². The molecule has 0 bridgehead atoms. The first-order chi connectivity index (χ1) is 12.4. The van der Waals surface area contributed by atoms with Crippen molar-refractivity contribution in [2.45, 2.75) is 45.3 Å². The molecule has 6 heteroatoms. The van der Waals surface area contributed by atoms with E-state index in [1.807, 2.05) is 42.1 Å². The fraction of sp³-hybridized carbons (Fsp3) is 0.600. The van der Waals surface area contributed by atoms with Crippen molar-refractivity contribution in [1.82, 2.24) is 4.90 Å². The Bertz CT molecular complexity index is 664. The van der Waals surface area contributed by atoms with E-state index in [1.54, 1.807) is 6.92 Å². The van der Waals surface area contributed by atoms with E-state index in [0.29, 0.717) is 13.1 Å². The topological polar surface area (TPSA) is 61.9 Å². The highest BCUT2D eigenvalue weighted by Gasteiger charge is 2.29. The molecule has 0 radical (unpaired) electrons. The summed E-state index contributed by atoms with van der Waals surface area (Å²) < 4.78 is 5.70. The molecule has 1 aliphatic heterocycles. The molecule has 2 amide bonds. The zero-order valence-electron chi connectivity index (χ0n) is 16.0. The highest BCUT2D eigenvalue weighted by molar-refractivity contribution is 5.94. The van der Waals surface area contributed by atoms with Crippen LogP contribution in [-0.4, -0.2) is 50.1 Å². The Morgan fingerprint density at radius 1 is 1.23 bits per heavy atom.